The Hall–Kier alpha value is -3.61. The number of benzene rings is 2. The molecule has 0 fully saturated rings. The average molecular weight is 440 g/mol. The minimum atomic E-state index is 0.762. The van der Waals surface area contributed by atoms with Crippen LogP contribution in [0.2, 0.25) is 0 Å². The predicted octanol–water partition coefficient (Wildman–Crippen LogP) is 6.74. The molecule has 6 heteroatoms. The molecule has 1 N–H and O–H groups in total. The lowest BCUT2D eigenvalue weighted by atomic mass is 9.98. The molecule has 31 heavy (non-hydrogen) atoms. The Balaban J connectivity index is 1.42. The molecule has 0 radical (unpaired) electrons. The number of nitrogens with zero attached hydrogens (tertiary/aromatic N) is 2. The Morgan fingerprint density at radius 1 is 0.774 bits per heavy atom. The van der Waals surface area contributed by atoms with Crippen molar-refractivity contribution in [1.29, 1.82) is 0 Å². The van der Waals surface area contributed by atoms with Crippen LogP contribution in [-0.4, -0.2) is 5.84 Å². The molecule has 2 aliphatic rings. The van der Waals surface area contributed by atoms with E-state index in [1.54, 1.807) is 22.7 Å². The summed E-state index contributed by atoms with van der Waals surface area (Å²) in [5.74, 6) is 0.762. The summed E-state index contributed by atoms with van der Waals surface area (Å²) in [6.07, 6.45) is 4.21. The minimum Gasteiger partial charge on any atom is -0.296 e. The van der Waals surface area contributed by atoms with E-state index in [-0.39, 0.29) is 0 Å². The fraction of sp³-hybridized carbons (Fsp3) is 0. The van der Waals surface area contributed by atoms with Crippen LogP contribution in [0, 0.1) is 0 Å². The van der Waals surface area contributed by atoms with E-state index >= 15 is 0 Å². The van der Waals surface area contributed by atoms with Crippen molar-refractivity contribution < 1.29 is 4.94 Å². The zero-order chi connectivity index (χ0) is 20.6. The van der Waals surface area contributed by atoms with Crippen LogP contribution in [0.3, 0.4) is 0 Å². The molecular weight excluding hydrogens is 422 g/mol. The molecule has 2 aromatic carbocycles. The maximum absolute atomic E-state index is 5.34. The van der Waals surface area contributed by atoms with Crippen LogP contribution in [0.25, 0.3) is 26.5 Å². The van der Waals surface area contributed by atoms with Crippen molar-refractivity contribution in [2.75, 3.05) is 4.90 Å². The number of anilines is 1. The number of oxime groups is 1. The van der Waals surface area contributed by atoms with Crippen LogP contribution in [0.4, 0.5) is 5.69 Å². The van der Waals surface area contributed by atoms with E-state index < -0.39 is 0 Å². The topological polar surface area (TPSA) is 36.9 Å². The highest BCUT2D eigenvalue weighted by atomic mass is 32.1. The summed E-state index contributed by atoms with van der Waals surface area (Å²) in [6.45, 7) is 0. The first-order valence-electron chi connectivity index (χ1n) is 9.88. The first-order valence-corrected chi connectivity index (χ1v) is 11.6. The molecule has 0 amide bonds. The number of allylic oxidation sites excluding steroid dienone is 2. The van der Waals surface area contributed by atoms with Gasteiger partial charge in [0.25, 0.3) is 0 Å². The summed E-state index contributed by atoms with van der Waals surface area (Å²) in [6, 6.07) is 25.2. The maximum atomic E-state index is 5.34. The van der Waals surface area contributed by atoms with Gasteiger partial charge in [-0.2, -0.15) is 5.48 Å². The van der Waals surface area contributed by atoms with E-state index in [2.05, 4.69) is 99.2 Å². The second kappa shape index (κ2) is 7.58. The molecule has 2 aromatic heterocycles. The number of nitrogens with one attached hydrogen (secondary N) is 1. The lowest BCUT2D eigenvalue weighted by Crippen LogP contribution is -2.31. The Kier molecular flexibility index (Phi) is 4.44. The number of amidine groups is 1. The van der Waals surface area contributed by atoms with Crippen molar-refractivity contribution in [2.24, 2.45) is 5.16 Å². The molecule has 0 bridgehead atoms. The summed E-state index contributed by atoms with van der Waals surface area (Å²) < 4.78 is 0. The van der Waals surface area contributed by atoms with E-state index in [4.69, 9.17) is 4.94 Å². The summed E-state index contributed by atoms with van der Waals surface area (Å²) >= 11 is 3.46. The lowest BCUT2D eigenvalue weighted by Gasteiger charge is -2.25. The third-order valence-corrected chi connectivity index (χ3v) is 7.24. The number of hydrogen-bond acceptors (Lipinski definition) is 6. The molecule has 4 nitrogen and oxygen atoms in total. The number of fused-ring (bicyclic) bond motifs is 1. The van der Waals surface area contributed by atoms with E-state index in [9.17, 15) is 0 Å². The Morgan fingerprint density at radius 2 is 1.45 bits per heavy atom. The minimum absolute atomic E-state index is 0.762. The Bertz CT molecular complexity index is 1330. The highest BCUT2D eigenvalue weighted by Crippen LogP contribution is 2.42. The standard InChI is InChI=1S/C25H17N3OS2/c1-3-7-17(8-4-1)23-20(12-15-30-23)19-11-14-28(25-22(19)26-29-27-25)21-13-16-31-24(21)18-9-5-2-6-10-18/h1-16,26H. The van der Waals surface area contributed by atoms with Crippen LogP contribution in [0.1, 0.15) is 5.56 Å². The van der Waals surface area contributed by atoms with Gasteiger partial charge in [-0.05, 0) is 45.3 Å². The molecule has 6 rings (SSSR count). The molecule has 0 unspecified atom stereocenters. The first-order chi connectivity index (χ1) is 15.4. The molecule has 4 aromatic rings. The van der Waals surface area contributed by atoms with Gasteiger partial charge < -0.3 is 0 Å². The van der Waals surface area contributed by atoms with Crippen LogP contribution >= 0.6 is 22.7 Å². The molecule has 4 heterocycles. The van der Waals surface area contributed by atoms with E-state index in [1.807, 2.05) is 12.1 Å². The largest absolute Gasteiger partial charge is 0.296 e. The van der Waals surface area contributed by atoms with Gasteiger partial charge in [0.1, 0.15) is 5.70 Å². The van der Waals surface area contributed by atoms with E-state index in [0.717, 1.165) is 22.8 Å². The second-order valence-electron chi connectivity index (χ2n) is 7.11. The van der Waals surface area contributed by atoms with Crippen molar-refractivity contribution in [3.05, 3.63) is 107 Å². The number of hydrogen-bond donors (Lipinski definition) is 1. The smallest absolute Gasteiger partial charge is 0.207 e. The highest BCUT2D eigenvalue weighted by Gasteiger charge is 2.31. The fourth-order valence-electron chi connectivity index (χ4n) is 3.90. The Morgan fingerprint density at radius 3 is 2.23 bits per heavy atom. The van der Waals surface area contributed by atoms with Gasteiger partial charge in [-0.3, -0.25) is 9.84 Å². The molecule has 0 saturated heterocycles. The van der Waals surface area contributed by atoms with Crippen molar-refractivity contribution in [2.45, 2.75) is 0 Å². The second-order valence-corrected chi connectivity index (χ2v) is 8.95. The van der Waals surface area contributed by atoms with Gasteiger partial charge >= 0.3 is 0 Å². The summed E-state index contributed by atoms with van der Waals surface area (Å²) in [5.41, 5.74) is 9.62. The fourth-order valence-corrected chi connectivity index (χ4v) is 5.71. The van der Waals surface area contributed by atoms with Gasteiger partial charge in [0, 0.05) is 22.2 Å². The summed E-state index contributed by atoms with van der Waals surface area (Å²) in [4.78, 5) is 9.86. The number of rotatable bonds is 4. The number of hydroxylamine groups is 1. The molecule has 0 aliphatic carbocycles. The van der Waals surface area contributed by atoms with Crippen LogP contribution < -0.4 is 10.4 Å². The third kappa shape index (κ3) is 3.08. The SMILES string of the molecule is C1=CN(c2ccsc2-c2ccccc2)C2=NONC2=C1c1ccsc1-c1ccccc1. The molecule has 0 spiro atoms. The normalized spacial score (nSPS) is 14.8. The van der Waals surface area contributed by atoms with Crippen LogP contribution in [0.15, 0.2) is 107 Å². The van der Waals surface area contributed by atoms with Crippen molar-refractivity contribution in [1.82, 2.24) is 5.48 Å². The van der Waals surface area contributed by atoms with Gasteiger partial charge in [-0.25, -0.2) is 0 Å². The summed E-state index contributed by atoms with van der Waals surface area (Å²) in [5, 5.41) is 8.56. The van der Waals surface area contributed by atoms with Gasteiger partial charge in [0.15, 0.2) is 0 Å². The van der Waals surface area contributed by atoms with Gasteiger partial charge in [-0.15, -0.1) is 22.7 Å². The zero-order valence-electron chi connectivity index (χ0n) is 16.4. The maximum Gasteiger partial charge on any atom is 0.207 e. The van der Waals surface area contributed by atoms with Crippen LogP contribution in [0.5, 0.6) is 0 Å². The lowest BCUT2D eigenvalue weighted by molar-refractivity contribution is 0.0909. The van der Waals surface area contributed by atoms with Crippen molar-refractivity contribution in [3.63, 3.8) is 0 Å². The van der Waals surface area contributed by atoms with E-state index in [1.165, 1.54) is 26.4 Å². The molecule has 2 aliphatic heterocycles. The third-order valence-electron chi connectivity index (χ3n) is 5.32. The zero-order valence-corrected chi connectivity index (χ0v) is 18.0. The molecular formula is C25H17N3OS2. The van der Waals surface area contributed by atoms with Gasteiger partial charge in [-0.1, -0.05) is 60.7 Å². The van der Waals surface area contributed by atoms with Crippen LogP contribution in [-0.2, 0) is 4.94 Å². The van der Waals surface area contributed by atoms with E-state index in [0.29, 0.717) is 0 Å². The molecule has 150 valence electrons. The quantitative estimate of drug-likeness (QED) is 0.383. The van der Waals surface area contributed by atoms with Gasteiger partial charge in [0.2, 0.25) is 5.84 Å². The monoisotopic (exact) mass is 439 g/mol. The summed E-state index contributed by atoms with van der Waals surface area (Å²) in [7, 11) is 0. The van der Waals surface area contributed by atoms with Gasteiger partial charge in [0.05, 0.1) is 10.6 Å². The van der Waals surface area contributed by atoms with Crippen molar-refractivity contribution >= 4 is 39.8 Å². The average Bonchev–Trinajstić information content (AvgIpc) is 3.60. The first kappa shape index (κ1) is 18.2. The predicted molar refractivity (Wildman–Crippen MR) is 130 cm³/mol. The highest BCUT2D eigenvalue weighted by molar-refractivity contribution is 7.14. The van der Waals surface area contributed by atoms with Crippen molar-refractivity contribution in [3.8, 4) is 20.9 Å². The molecule has 0 atom stereocenters. The molecule has 0 saturated carbocycles. The Labute approximate surface area is 188 Å². The number of thiophene rings is 2.